The third-order valence-electron chi connectivity index (χ3n) is 2.28. The summed E-state index contributed by atoms with van der Waals surface area (Å²) in [5, 5.41) is 20.2. The van der Waals surface area contributed by atoms with Crippen molar-refractivity contribution < 1.29 is 24.5 Å². The number of ether oxygens (including phenoxy) is 1. The monoisotopic (exact) mass is 253 g/mol. The van der Waals surface area contributed by atoms with Gasteiger partial charge in [0, 0.05) is 0 Å². The second-order valence-corrected chi connectivity index (χ2v) is 3.54. The minimum atomic E-state index is -1.18. The highest BCUT2D eigenvalue weighted by atomic mass is 16.5. The molecule has 0 unspecified atom stereocenters. The normalized spacial score (nSPS) is 11.7. The minimum absolute atomic E-state index is 0.122. The predicted octanol–water partition coefficient (Wildman–Crippen LogP) is 1.05. The first-order chi connectivity index (χ1) is 8.58. The van der Waals surface area contributed by atoms with Crippen LogP contribution in [-0.4, -0.2) is 28.9 Å². The van der Waals surface area contributed by atoms with Crippen molar-refractivity contribution in [1.82, 2.24) is 5.32 Å². The average molecular weight is 253 g/mol. The van der Waals surface area contributed by atoms with Gasteiger partial charge < -0.3 is 20.3 Å². The number of carbonyl (C=O) groups excluding carboxylic acids is 1. The van der Waals surface area contributed by atoms with E-state index in [9.17, 15) is 9.59 Å². The van der Waals surface area contributed by atoms with E-state index in [0.29, 0.717) is 11.1 Å². The number of rotatable bonds is 5. The zero-order valence-electron chi connectivity index (χ0n) is 9.92. The van der Waals surface area contributed by atoms with Crippen LogP contribution in [0.15, 0.2) is 24.3 Å². The van der Waals surface area contributed by atoms with Crippen LogP contribution in [-0.2, 0) is 16.1 Å². The number of benzene rings is 1. The van der Waals surface area contributed by atoms with Crippen molar-refractivity contribution in [2.45, 2.75) is 19.6 Å². The van der Waals surface area contributed by atoms with Crippen LogP contribution in [0.3, 0.4) is 0 Å². The summed E-state index contributed by atoms with van der Waals surface area (Å²) in [6, 6.07) is 5.10. The molecule has 6 heteroatoms. The molecule has 3 N–H and O–H groups in total. The fraction of sp³-hybridized carbons (Fsp3) is 0.333. The molecule has 1 atom stereocenters. The molecular formula is C12H15NO5. The van der Waals surface area contributed by atoms with Crippen LogP contribution < -0.4 is 5.32 Å². The van der Waals surface area contributed by atoms with E-state index < -0.39 is 18.1 Å². The number of aliphatic hydroxyl groups excluding tert-OH is 1. The largest absolute Gasteiger partial charge is 0.479 e. The molecule has 0 aliphatic heterocycles. The maximum Gasteiger partial charge on any atom is 0.408 e. The van der Waals surface area contributed by atoms with Gasteiger partial charge >= 0.3 is 12.1 Å². The molecule has 6 nitrogen and oxygen atoms in total. The first-order valence-corrected chi connectivity index (χ1v) is 5.44. The maximum atomic E-state index is 11.2. The van der Waals surface area contributed by atoms with Crippen molar-refractivity contribution in [2.24, 2.45) is 0 Å². The Balaban J connectivity index is 2.83. The Labute approximate surface area is 104 Å². The van der Waals surface area contributed by atoms with Crippen LogP contribution in [0.4, 0.5) is 4.79 Å². The Morgan fingerprint density at radius 3 is 2.39 bits per heavy atom. The number of aliphatic carboxylic acids is 1. The van der Waals surface area contributed by atoms with E-state index in [0.717, 1.165) is 0 Å². The van der Waals surface area contributed by atoms with Crippen molar-refractivity contribution in [1.29, 1.82) is 0 Å². The number of hydrogen-bond acceptors (Lipinski definition) is 4. The van der Waals surface area contributed by atoms with E-state index in [4.69, 9.17) is 10.2 Å². The van der Waals surface area contributed by atoms with Gasteiger partial charge in [-0.3, -0.25) is 0 Å². The molecule has 0 aliphatic rings. The van der Waals surface area contributed by atoms with E-state index in [1.165, 1.54) is 12.1 Å². The van der Waals surface area contributed by atoms with E-state index in [1.807, 2.05) is 0 Å². The lowest BCUT2D eigenvalue weighted by Crippen LogP contribution is -2.34. The fourth-order valence-electron chi connectivity index (χ4n) is 1.39. The van der Waals surface area contributed by atoms with Crippen LogP contribution in [0.25, 0.3) is 0 Å². The molecule has 0 aliphatic carbocycles. The highest BCUT2D eigenvalue weighted by Gasteiger charge is 2.22. The molecule has 1 aromatic carbocycles. The van der Waals surface area contributed by atoms with Crippen molar-refractivity contribution in [3.05, 3.63) is 35.4 Å². The summed E-state index contributed by atoms with van der Waals surface area (Å²) in [4.78, 5) is 22.3. The lowest BCUT2D eigenvalue weighted by molar-refractivity contribution is -0.139. The average Bonchev–Trinajstić information content (AvgIpc) is 2.36. The zero-order chi connectivity index (χ0) is 13.5. The van der Waals surface area contributed by atoms with Gasteiger partial charge in [-0.15, -0.1) is 0 Å². The Hall–Kier alpha value is -2.08. The Kier molecular flexibility index (Phi) is 5.13. The molecule has 98 valence electrons. The molecule has 0 saturated carbocycles. The van der Waals surface area contributed by atoms with Crippen LogP contribution in [0.2, 0.25) is 0 Å². The summed E-state index contributed by atoms with van der Waals surface area (Å²) < 4.78 is 4.64. The van der Waals surface area contributed by atoms with Crippen molar-refractivity contribution in [3.63, 3.8) is 0 Å². The third kappa shape index (κ3) is 3.74. The predicted molar refractivity (Wildman–Crippen MR) is 62.9 cm³/mol. The molecular weight excluding hydrogens is 238 g/mol. The quantitative estimate of drug-likeness (QED) is 0.729. The van der Waals surface area contributed by atoms with Gasteiger partial charge in [0.05, 0.1) is 13.2 Å². The van der Waals surface area contributed by atoms with Gasteiger partial charge in [-0.05, 0) is 18.1 Å². The van der Waals surface area contributed by atoms with Crippen LogP contribution in [0, 0.1) is 0 Å². The third-order valence-corrected chi connectivity index (χ3v) is 2.28. The van der Waals surface area contributed by atoms with Gasteiger partial charge in [0.15, 0.2) is 6.04 Å². The van der Waals surface area contributed by atoms with Crippen molar-refractivity contribution >= 4 is 12.1 Å². The van der Waals surface area contributed by atoms with Gasteiger partial charge in [-0.2, -0.15) is 0 Å². The number of aliphatic hydroxyl groups is 1. The second kappa shape index (κ2) is 6.61. The summed E-state index contributed by atoms with van der Waals surface area (Å²) >= 11 is 0. The van der Waals surface area contributed by atoms with Crippen LogP contribution in [0.5, 0.6) is 0 Å². The van der Waals surface area contributed by atoms with E-state index in [1.54, 1.807) is 19.1 Å². The number of carbonyl (C=O) groups is 2. The highest BCUT2D eigenvalue weighted by Crippen LogP contribution is 2.14. The molecule has 1 rings (SSSR count). The van der Waals surface area contributed by atoms with Gasteiger partial charge in [-0.1, -0.05) is 24.3 Å². The molecule has 0 heterocycles. The number of nitrogens with one attached hydrogen (secondary N) is 1. The van der Waals surface area contributed by atoms with Gasteiger partial charge in [0.2, 0.25) is 0 Å². The molecule has 1 amide bonds. The number of carboxylic acid groups (broad SMARTS) is 1. The Morgan fingerprint density at radius 1 is 1.33 bits per heavy atom. The standard InChI is InChI=1S/C12H15NO5/c1-2-18-12(17)13-10(11(15)16)9-5-3-8(7-14)4-6-9/h3-6,10,14H,2,7H2,1H3,(H,13,17)(H,15,16)/t10-/m1/s1. The van der Waals surface area contributed by atoms with Crippen LogP contribution in [0.1, 0.15) is 24.1 Å². The lowest BCUT2D eigenvalue weighted by Gasteiger charge is -2.14. The molecule has 0 fully saturated rings. The minimum Gasteiger partial charge on any atom is -0.479 e. The van der Waals surface area contributed by atoms with Crippen molar-refractivity contribution in [2.75, 3.05) is 6.61 Å². The molecule has 0 spiro atoms. The van der Waals surface area contributed by atoms with E-state index >= 15 is 0 Å². The van der Waals surface area contributed by atoms with Crippen molar-refractivity contribution in [3.8, 4) is 0 Å². The van der Waals surface area contributed by atoms with Gasteiger partial charge in [-0.25, -0.2) is 9.59 Å². The Morgan fingerprint density at radius 2 is 1.94 bits per heavy atom. The summed E-state index contributed by atoms with van der Waals surface area (Å²) in [6.45, 7) is 1.68. The maximum absolute atomic E-state index is 11.2. The second-order valence-electron chi connectivity index (χ2n) is 3.54. The topological polar surface area (TPSA) is 95.9 Å². The smallest absolute Gasteiger partial charge is 0.408 e. The van der Waals surface area contributed by atoms with E-state index in [-0.39, 0.29) is 13.2 Å². The molecule has 18 heavy (non-hydrogen) atoms. The molecule has 0 radical (unpaired) electrons. The summed E-state index contributed by atoms with van der Waals surface area (Å²) in [7, 11) is 0. The number of alkyl carbamates (subject to hydrolysis) is 1. The summed E-state index contributed by atoms with van der Waals surface area (Å²) in [6.07, 6.45) is -0.781. The van der Waals surface area contributed by atoms with Gasteiger partial charge in [0.25, 0.3) is 0 Å². The molecule has 0 saturated heterocycles. The number of hydrogen-bond donors (Lipinski definition) is 3. The van der Waals surface area contributed by atoms with E-state index in [2.05, 4.69) is 10.1 Å². The lowest BCUT2D eigenvalue weighted by atomic mass is 10.1. The first kappa shape index (κ1) is 14.0. The fourth-order valence-corrected chi connectivity index (χ4v) is 1.39. The summed E-state index contributed by atoms with van der Waals surface area (Å²) in [5.41, 5.74) is 1.08. The number of carboxylic acids is 1. The number of amides is 1. The molecule has 0 aromatic heterocycles. The first-order valence-electron chi connectivity index (χ1n) is 5.44. The SMILES string of the molecule is CCOC(=O)N[C@@H](C(=O)O)c1ccc(CO)cc1. The zero-order valence-corrected chi connectivity index (χ0v) is 9.92. The molecule has 0 bridgehead atoms. The molecule has 1 aromatic rings. The summed E-state index contributed by atoms with van der Waals surface area (Å²) in [5.74, 6) is -1.18. The Bertz CT molecular complexity index is 415. The highest BCUT2D eigenvalue weighted by molar-refractivity contribution is 5.81. The van der Waals surface area contributed by atoms with Gasteiger partial charge in [0.1, 0.15) is 0 Å². The van der Waals surface area contributed by atoms with Crippen LogP contribution >= 0.6 is 0 Å².